The van der Waals surface area contributed by atoms with Crippen LogP contribution in [0.3, 0.4) is 0 Å². The second-order valence-electron chi connectivity index (χ2n) is 9.62. The van der Waals surface area contributed by atoms with Crippen molar-refractivity contribution >= 4 is 15.7 Å². The molecule has 1 aliphatic heterocycles. The minimum atomic E-state index is -3.86. The molecule has 206 valence electrons. The van der Waals surface area contributed by atoms with Crippen LogP contribution in [0.1, 0.15) is 22.4 Å². The molecule has 0 aliphatic carbocycles. The zero-order valence-corrected chi connectivity index (χ0v) is 23.0. The maximum atomic E-state index is 14.1. The molecule has 0 amide bonds. The Hall–Kier alpha value is -4.17. The Kier molecular flexibility index (Phi) is 8.45. The molecule has 0 saturated heterocycles. The Morgan fingerprint density at radius 2 is 1.88 bits per heavy atom. The summed E-state index contributed by atoms with van der Waals surface area (Å²) in [6.45, 7) is 2.05. The van der Waals surface area contributed by atoms with Crippen LogP contribution >= 0.6 is 0 Å². The number of fused-ring (bicyclic) bond motifs is 1. The highest BCUT2D eigenvalue weighted by Gasteiger charge is 2.36. The number of benzene rings is 3. The molecule has 2 heterocycles. The zero-order chi connectivity index (χ0) is 28.0. The molecular weight excluding hydrogens is 526 g/mol. The molecule has 5 rings (SSSR count). The molecular formula is C30H31N5O4S. The van der Waals surface area contributed by atoms with Gasteiger partial charge in [0.2, 0.25) is 10.0 Å². The molecule has 40 heavy (non-hydrogen) atoms. The van der Waals surface area contributed by atoms with Crippen LogP contribution in [0.25, 0.3) is 0 Å². The first-order valence-electron chi connectivity index (χ1n) is 13.0. The van der Waals surface area contributed by atoms with E-state index in [2.05, 4.69) is 20.9 Å². The van der Waals surface area contributed by atoms with E-state index >= 15 is 0 Å². The Labute approximate surface area is 234 Å². The fourth-order valence-electron chi connectivity index (χ4n) is 4.97. The minimum absolute atomic E-state index is 0.143. The van der Waals surface area contributed by atoms with Crippen molar-refractivity contribution in [3.8, 4) is 11.8 Å². The molecule has 1 N–H and O–H groups in total. The number of nitriles is 1. The fraction of sp³-hybridized carbons (Fsp3) is 0.267. The largest absolute Gasteiger partial charge is 0.491 e. The van der Waals surface area contributed by atoms with E-state index < -0.39 is 16.1 Å². The Balaban J connectivity index is 1.54. The van der Waals surface area contributed by atoms with E-state index in [-0.39, 0.29) is 11.4 Å². The predicted octanol–water partition coefficient (Wildman–Crippen LogP) is 4.13. The molecule has 0 spiro atoms. The number of anilines is 1. The first-order chi connectivity index (χ1) is 19.5. The molecule has 0 fully saturated rings. The van der Waals surface area contributed by atoms with Crippen LogP contribution in [0, 0.1) is 11.3 Å². The highest BCUT2D eigenvalue weighted by Crippen LogP contribution is 2.34. The molecule has 1 aromatic heterocycles. The van der Waals surface area contributed by atoms with Crippen molar-refractivity contribution in [3.05, 3.63) is 108 Å². The first kappa shape index (κ1) is 27.4. The third-order valence-electron chi connectivity index (χ3n) is 6.93. The summed E-state index contributed by atoms with van der Waals surface area (Å²) in [5, 5.41) is 9.60. The number of aromatic amines is 1. The average molecular weight is 558 g/mol. The fourth-order valence-corrected chi connectivity index (χ4v) is 6.58. The van der Waals surface area contributed by atoms with Crippen LogP contribution in [0.5, 0.6) is 5.75 Å². The molecule has 3 aromatic carbocycles. The van der Waals surface area contributed by atoms with Gasteiger partial charge >= 0.3 is 0 Å². The number of methoxy groups -OCH3 is 1. The highest BCUT2D eigenvalue weighted by atomic mass is 32.2. The third-order valence-corrected chi connectivity index (χ3v) is 8.84. The van der Waals surface area contributed by atoms with Crippen LogP contribution in [-0.4, -0.2) is 55.6 Å². The quantitative estimate of drug-likeness (QED) is 0.292. The highest BCUT2D eigenvalue weighted by molar-refractivity contribution is 7.89. The molecule has 9 nitrogen and oxygen atoms in total. The maximum Gasteiger partial charge on any atom is 0.243 e. The van der Waals surface area contributed by atoms with Crippen molar-refractivity contribution in [3.63, 3.8) is 0 Å². The monoisotopic (exact) mass is 557 g/mol. The lowest BCUT2D eigenvalue weighted by molar-refractivity contribution is 0.146. The van der Waals surface area contributed by atoms with Gasteiger partial charge in [-0.3, -0.25) is 0 Å². The van der Waals surface area contributed by atoms with Gasteiger partial charge in [0.25, 0.3) is 0 Å². The first-order valence-corrected chi connectivity index (χ1v) is 14.4. The SMILES string of the molecule is COCCOc1ccc(CC2CN(Cc3cnc[nH]3)c3ccc(C#N)cc3CN2S(=O)(=O)c2ccccc2)cc1. The lowest BCUT2D eigenvalue weighted by Gasteiger charge is -2.32. The van der Waals surface area contributed by atoms with Gasteiger partial charge in [-0.2, -0.15) is 9.57 Å². The number of imidazole rings is 1. The number of hydrogen-bond donors (Lipinski definition) is 1. The van der Waals surface area contributed by atoms with Crippen LogP contribution in [0.4, 0.5) is 5.69 Å². The van der Waals surface area contributed by atoms with E-state index in [1.807, 2.05) is 30.3 Å². The molecule has 10 heteroatoms. The second-order valence-corrected chi connectivity index (χ2v) is 11.5. The summed E-state index contributed by atoms with van der Waals surface area (Å²) >= 11 is 0. The number of rotatable bonds is 10. The van der Waals surface area contributed by atoms with Crippen molar-refractivity contribution in [1.29, 1.82) is 5.26 Å². The number of ether oxygens (including phenoxy) is 2. The van der Waals surface area contributed by atoms with Gasteiger partial charge in [0, 0.05) is 38.1 Å². The van der Waals surface area contributed by atoms with Crippen molar-refractivity contribution < 1.29 is 17.9 Å². The molecule has 1 unspecified atom stereocenters. The lowest BCUT2D eigenvalue weighted by Crippen LogP contribution is -2.45. The molecule has 0 bridgehead atoms. The van der Waals surface area contributed by atoms with Crippen LogP contribution in [0.15, 0.2) is 90.2 Å². The third kappa shape index (κ3) is 6.18. The number of sulfonamides is 1. The summed E-state index contributed by atoms with van der Waals surface area (Å²) in [7, 11) is -2.23. The minimum Gasteiger partial charge on any atom is -0.491 e. The summed E-state index contributed by atoms with van der Waals surface area (Å²) in [6.07, 6.45) is 3.89. The van der Waals surface area contributed by atoms with E-state index in [9.17, 15) is 13.7 Å². The van der Waals surface area contributed by atoms with E-state index in [1.165, 1.54) is 0 Å². The molecule has 1 aliphatic rings. The Morgan fingerprint density at radius 1 is 1.07 bits per heavy atom. The van der Waals surface area contributed by atoms with Crippen molar-refractivity contribution in [1.82, 2.24) is 14.3 Å². The van der Waals surface area contributed by atoms with Gasteiger partial charge in [-0.1, -0.05) is 30.3 Å². The van der Waals surface area contributed by atoms with E-state index in [0.717, 1.165) is 28.3 Å². The molecule has 0 radical (unpaired) electrons. The number of hydrogen-bond acceptors (Lipinski definition) is 7. The van der Waals surface area contributed by atoms with Gasteiger partial charge in [0.05, 0.1) is 41.7 Å². The predicted molar refractivity (Wildman–Crippen MR) is 151 cm³/mol. The lowest BCUT2D eigenvalue weighted by atomic mass is 10.1. The summed E-state index contributed by atoms with van der Waals surface area (Å²) in [5.41, 5.74) is 4.06. The number of nitrogens with one attached hydrogen (secondary N) is 1. The topological polar surface area (TPSA) is 112 Å². The van der Waals surface area contributed by atoms with E-state index in [1.54, 1.807) is 66.4 Å². The van der Waals surface area contributed by atoms with Crippen LogP contribution in [0.2, 0.25) is 0 Å². The number of nitrogens with zero attached hydrogens (tertiary/aromatic N) is 4. The average Bonchev–Trinajstić information content (AvgIpc) is 3.44. The maximum absolute atomic E-state index is 14.1. The normalized spacial score (nSPS) is 15.7. The van der Waals surface area contributed by atoms with Gasteiger partial charge in [0.15, 0.2) is 0 Å². The smallest absolute Gasteiger partial charge is 0.243 e. The van der Waals surface area contributed by atoms with Crippen molar-refractivity contribution in [2.24, 2.45) is 0 Å². The molecule has 1 atom stereocenters. The second kappa shape index (κ2) is 12.3. The van der Waals surface area contributed by atoms with Crippen molar-refractivity contribution in [2.45, 2.75) is 30.4 Å². The van der Waals surface area contributed by atoms with Gasteiger partial charge in [-0.15, -0.1) is 0 Å². The number of H-pyrrole nitrogens is 1. The Morgan fingerprint density at radius 3 is 2.58 bits per heavy atom. The van der Waals surface area contributed by atoms with Crippen LogP contribution < -0.4 is 9.64 Å². The van der Waals surface area contributed by atoms with Gasteiger partial charge in [0.1, 0.15) is 12.4 Å². The van der Waals surface area contributed by atoms with Gasteiger partial charge in [-0.05, 0) is 60.0 Å². The summed E-state index contributed by atoms with van der Waals surface area (Å²) < 4.78 is 40.6. The standard InChI is InChI=1S/C30H31N5O4S/c1-38-13-14-39-28-10-7-23(8-11-28)16-27-21-34(20-26-18-32-22-33-26)30-12-9-24(17-31)15-25(30)19-35(27)40(36,37)29-5-3-2-4-6-29/h2-12,15,18,22,27H,13-14,16,19-21H2,1H3,(H,32,33). The summed E-state index contributed by atoms with van der Waals surface area (Å²) in [5.74, 6) is 0.729. The van der Waals surface area contributed by atoms with Crippen molar-refractivity contribution in [2.75, 3.05) is 31.8 Å². The summed E-state index contributed by atoms with van der Waals surface area (Å²) in [4.78, 5) is 9.72. The summed E-state index contributed by atoms with van der Waals surface area (Å²) in [6, 6.07) is 23.5. The molecule has 4 aromatic rings. The van der Waals surface area contributed by atoms with Gasteiger partial charge in [-0.25, -0.2) is 13.4 Å². The number of aromatic nitrogens is 2. The van der Waals surface area contributed by atoms with Gasteiger partial charge < -0.3 is 19.4 Å². The Bertz CT molecular complexity index is 1550. The van der Waals surface area contributed by atoms with Crippen LogP contribution in [-0.2, 0) is 34.3 Å². The zero-order valence-electron chi connectivity index (χ0n) is 22.2. The van der Waals surface area contributed by atoms with E-state index in [0.29, 0.717) is 38.3 Å². The van der Waals surface area contributed by atoms with E-state index in [4.69, 9.17) is 9.47 Å². The molecule has 0 saturated carbocycles.